The number of aliphatic imine (C=N–C) groups is 1. The summed E-state index contributed by atoms with van der Waals surface area (Å²) in [5.41, 5.74) is 6.83. The fourth-order valence-corrected chi connectivity index (χ4v) is 3.22. The number of allylic oxidation sites excluding steroid dienone is 4. The van der Waals surface area contributed by atoms with Gasteiger partial charge < -0.3 is 15.8 Å². The highest BCUT2D eigenvalue weighted by Gasteiger charge is 2.36. The molecule has 5 nitrogen and oxygen atoms in total. The number of hydrogen-bond acceptors (Lipinski definition) is 3. The molecule has 1 aliphatic carbocycles. The molecule has 0 aromatic heterocycles. The number of nitrogens with zero attached hydrogens (tertiary/aromatic N) is 1. The lowest BCUT2D eigenvalue weighted by atomic mass is 10.1. The SMILES string of the molecule is C/C=C\O/C(=C/CC)C(N=C(N)/C(=C/CC)C(=O)NC1CCC(C)(F)C1)=C(C)C. The Hall–Kier alpha value is -2.37. The highest BCUT2D eigenvalue weighted by molar-refractivity contribution is 6.20. The zero-order valence-corrected chi connectivity index (χ0v) is 18.6. The number of hydrogen-bond donors (Lipinski definition) is 2. The molecular formula is C23H36FN3O2. The van der Waals surface area contributed by atoms with Crippen LogP contribution in [0.15, 0.2) is 52.1 Å². The van der Waals surface area contributed by atoms with Crippen molar-refractivity contribution >= 4 is 11.7 Å². The van der Waals surface area contributed by atoms with Gasteiger partial charge in [-0.25, -0.2) is 9.38 Å². The van der Waals surface area contributed by atoms with Gasteiger partial charge in [0, 0.05) is 12.5 Å². The third-order valence-electron chi connectivity index (χ3n) is 4.61. The van der Waals surface area contributed by atoms with Crippen molar-refractivity contribution in [3.63, 3.8) is 0 Å². The maximum atomic E-state index is 14.1. The van der Waals surface area contributed by atoms with E-state index in [1.165, 1.54) is 0 Å². The minimum Gasteiger partial charge on any atom is -0.463 e. The van der Waals surface area contributed by atoms with E-state index in [1.54, 1.807) is 25.3 Å². The van der Waals surface area contributed by atoms with Gasteiger partial charge in [0.05, 0.1) is 11.8 Å². The van der Waals surface area contributed by atoms with Crippen molar-refractivity contribution in [2.45, 2.75) is 85.4 Å². The molecule has 2 atom stereocenters. The molecule has 162 valence electrons. The Morgan fingerprint density at radius 2 is 1.97 bits per heavy atom. The third kappa shape index (κ3) is 7.87. The molecule has 29 heavy (non-hydrogen) atoms. The van der Waals surface area contributed by atoms with Gasteiger partial charge in [0.1, 0.15) is 23.0 Å². The van der Waals surface area contributed by atoms with E-state index < -0.39 is 5.67 Å². The summed E-state index contributed by atoms with van der Waals surface area (Å²) in [5.74, 6) is 0.390. The molecule has 2 unspecified atom stereocenters. The molecule has 3 N–H and O–H groups in total. The summed E-state index contributed by atoms with van der Waals surface area (Å²) in [4.78, 5) is 17.4. The van der Waals surface area contributed by atoms with Crippen molar-refractivity contribution in [3.05, 3.63) is 47.1 Å². The summed E-state index contributed by atoms with van der Waals surface area (Å²) in [6.07, 6.45) is 9.81. The summed E-state index contributed by atoms with van der Waals surface area (Å²) in [6, 6.07) is -0.193. The number of carbonyl (C=O) groups is 1. The maximum Gasteiger partial charge on any atom is 0.254 e. The molecule has 0 spiro atoms. The quantitative estimate of drug-likeness (QED) is 0.182. The van der Waals surface area contributed by atoms with Crippen LogP contribution in [-0.4, -0.2) is 23.5 Å². The smallest absolute Gasteiger partial charge is 0.254 e. The van der Waals surface area contributed by atoms with Crippen LogP contribution in [-0.2, 0) is 9.53 Å². The zero-order chi connectivity index (χ0) is 22.0. The Bertz CT molecular complexity index is 726. The van der Waals surface area contributed by atoms with Crippen LogP contribution in [0.4, 0.5) is 4.39 Å². The Kier molecular flexibility index (Phi) is 9.86. The molecule has 0 aromatic rings. The van der Waals surface area contributed by atoms with Gasteiger partial charge in [-0.2, -0.15) is 0 Å². The van der Waals surface area contributed by atoms with Crippen molar-refractivity contribution in [2.24, 2.45) is 10.7 Å². The number of nitrogens with one attached hydrogen (secondary N) is 1. The van der Waals surface area contributed by atoms with Gasteiger partial charge in [0.15, 0.2) is 0 Å². The normalized spacial score (nSPS) is 23.4. The first-order chi connectivity index (χ1) is 13.6. The van der Waals surface area contributed by atoms with E-state index in [1.807, 2.05) is 40.7 Å². The molecule has 0 aliphatic heterocycles. The van der Waals surface area contributed by atoms with Crippen LogP contribution in [0.2, 0.25) is 0 Å². The number of nitrogens with two attached hydrogens (primary N) is 1. The van der Waals surface area contributed by atoms with Crippen LogP contribution in [0.25, 0.3) is 0 Å². The van der Waals surface area contributed by atoms with Crippen LogP contribution in [0.3, 0.4) is 0 Å². The van der Waals surface area contributed by atoms with Gasteiger partial charge in [0.2, 0.25) is 0 Å². The number of carbonyl (C=O) groups excluding carboxylic acids is 1. The van der Waals surface area contributed by atoms with E-state index in [2.05, 4.69) is 10.3 Å². The molecular weight excluding hydrogens is 369 g/mol. The van der Waals surface area contributed by atoms with E-state index in [0.29, 0.717) is 42.7 Å². The molecule has 1 aliphatic rings. The Morgan fingerprint density at radius 3 is 2.45 bits per heavy atom. The van der Waals surface area contributed by atoms with Crippen molar-refractivity contribution in [1.29, 1.82) is 0 Å². The number of halogens is 1. The Morgan fingerprint density at radius 1 is 1.31 bits per heavy atom. The zero-order valence-electron chi connectivity index (χ0n) is 18.6. The number of alkyl halides is 1. The first-order valence-corrected chi connectivity index (χ1v) is 10.3. The fourth-order valence-electron chi connectivity index (χ4n) is 3.22. The fraction of sp³-hybridized carbons (Fsp3) is 0.565. The molecule has 6 heteroatoms. The van der Waals surface area contributed by atoms with E-state index >= 15 is 0 Å². The first kappa shape index (κ1) is 24.7. The minimum absolute atomic E-state index is 0.118. The highest BCUT2D eigenvalue weighted by Crippen LogP contribution is 2.33. The van der Waals surface area contributed by atoms with Gasteiger partial charge in [-0.05, 0) is 65.0 Å². The van der Waals surface area contributed by atoms with Crippen molar-refractivity contribution in [1.82, 2.24) is 5.32 Å². The molecule has 1 fully saturated rings. The molecule has 0 radical (unpaired) electrons. The topological polar surface area (TPSA) is 76.7 Å². The van der Waals surface area contributed by atoms with Gasteiger partial charge in [0.25, 0.3) is 5.91 Å². The lowest BCUT2D eigenvalue weighted by molar-refractivity contribution is -0.117. The largest absolute Gasteiger partial charge is 0.463 e. The van der Waals surface area contributed by atoms with Crippen LogP contribution in [0, 0.1) is 0 Å². The van der Waals surface area contributed by atoms with E-state index in [-0.39, 0.29) is 17.8 Å². The van der Waals surface area contributed by atoms with Gasteiger partial charge in [-0.15, -0.1) is 0 Å². The standard InChI is InChI=1S/C23H36FN3O2/c1-7-10-18(22(28)26-17-12-13-23(6,24)15-17)21(25)27-20(16(4)5)19(11-8-2)29-14-9-3/h9-11,14,17H,7-8,12-13,15H2,1-6H3,(H2,25,27)(H,26,28)/b14-9-,18-10-,19-11+. The van der Waals surface area contributed by atoms with E-state index in [9.17, 15) is 9.18 Å². The highest BCUT2D eigenvalue weighted by atomic mass is 19.1. The molecule has 1 rings (SSSR count). The monoisotopic (exact) mass is 405 g/mol. The molecule has 0 heterocycles. The number of ether oxygens (including phenoxy) is 1. The molecule has 1 amide bonds. The minimum atomic E-state index is -1.23. The maximum absolute atomic E-state index is 14.1. The number of amides is 1. The summed E-state index contributed by atoms with van der Waals surface area (Å²) >= 11 is 0. The third-order valence-corrected chi connectivity index (χ3v) is 4.61. The molecule has 1 saturated carbocycles. The van der Waals surface area contributed by atoms with Crippen LogP contribution in [0.1, 0.15) is 73.6 Å². The van der Waals surface area contributed by atoms with Crippen LogP contribution in [0.5, 0.6) is 0 Å². The lowest BCUT2D eigenvalue weighted by Gasteiger charge is -2.17. The Balaban J connectivity index is 3.14. The average Bonchev–Trinajstić information content (AvgIpc) is 2.99. The second-order valence-electron chi connectivity index (χ2n) is 7.76. The molecule has 0 bridgehead atoms. The number of amidine groups is 1. The van der Waals surface area contributed by atoms with Gasteiger partial charge >= 0.3 is 0 Å². The average molecular weight is 406 g/mol. The van der Waals surface area contributed by atoms with Gasteiger partial charge in [-0.3, -0.25) is 4.79 Å². The lowest BCUT2D eigenvalue weighted by Crippen LogP contribution is -2.38. The van der Waals surface area contributed by atoms with Crippen molar-refractivity contribution < 1.29 is 13.9 Å². The van der Waals surface area contributed by atoms with Crippen molar-refractivity contribution in [3.8, 4) is 0 Å². The van der Waals surface area contributed by atoms with Crippen molar-refractivity contribution in [2.75, 3.05) is 0 Å². The summed E-state index contributed by atoms with van der Waals surface area (Å²) in [5, 5.41) is 2.91. The second-order valence-corrected chi connectivity index (χ2v) is 7.76. The van der Waals surface area contributed by atoms with Gasteiger partial charge in [-0.1, -0.05) is 26.0 Å². The Labute approximate surface area is 174 Å². The summed E-state index contributed by atoms with van der Waals surface area (Å²) < 4.78 is 19.8. The predicted octanol–water partition coefficient (Wildman–Crippen LogP) is 5.21. The van der Waals surface area contributed by atoms with E-state index in [4.69, 9.17) is 10.5 Å². The number of rotatable bonds is 9. The first-order valence-electron chi connectivity index (χ1n) is 10.3. The molecule has 0 saturated heterocycles. The summed E-state index contributed by atoms with van der Waals surface area (Å²) in [7, 11) is 0. The summed E-state index contributed by atoms with van der Waals surface area (Å²) in [6.45, 7) is 11.2. The van der Waals surface area contributed by atoms with Crippen LogP contribution >= 0.6 is 0 Å². The molecule has 0 aromatic carbocycles. The second kappa shape index (κ2) is 11.6. The van der Waals surface area contributed by atoms with Crippen LogP contribution < -0.4 is 11.1 Å². The predicted molar refractivity (Wildman–Crippen MR) is 118 cm³/mol. The van der Waals surface area contributed by atoms with E-state index in [0.717, 1.165) is 12.0 Å².